The fourth-order valence-corrected chi connectivity index (χ4v) is 9.66. The smallest absolute Gasteiger partial charge is 0.0549 e. The van der Waals surface area contributed by atoms with Crippen LogP contribution in [0.15, 0.2) is 202 Å². The van der Waals surface area contributed by atoms with Crippen LogP contribution in [0.4, 0.5) is 11.4 Å². The van der Waals surface area contributed by atoms with E-state index in [1.165, 1.54) is 75.4 Å². The maximum absolute atomic E-state index is 2.49. The lowest BCUT2D eigenvalue weighted by Gasteiger charge is -2.23. The first-order chi connectivity index (χ1) is 25.7. The molecule has 0 radical (unpaired) electrons. The van der Waals surface area contributed by atoms with E-state index in [0.717, 1.165) is 12.2 Å². The van der Waals surface area contributed by atoms with Crippen molar-refractivity contribution >= 4 is 51.9 Å². The van der Waals surface area contributed by atoms with E-state index in [9.17, 15) is 0 Å². The number of benzene rings is 7. The molecule has 0 saturated carbocycles. The van der Waals surface area contributed by atoms with Crippen molar-refractivity contribution in [2.45, 2.75) is 26.5 Å². The van der Waals surface area contributed by atoms with Crippen molar-refractivity contribution in [3.63, 3.8) is 0 Å². The van der Waals surface area contributed by atoms with E-state index in [1.807, 2.05) is 23.5 Å². The quantitative estimate of drug-likeness (QED) is 0.156. The van der Waals surface area contributed by atoms with Crippen LogP contribution in [0.3, 0.4) is 0 Å². The Hall–Kier alpha value is -5.68. The normalized spacial score (nSPS) is 12.2. The fourth-order valence-electron chi connectivity index (χ4n) is 7.21. The molecule has 1 aromatic heterocycles. The Bertz CT molecular complexity index is 2440. The second-order valence-electron chi connectivity index (χ2n) is 13.0. The van der Waals surface area contributed by atoms with Crippen LogP contribution in [0.5, 0.6) is 0 Å². The highest BCUT2D eigenvalue weighted by Gasteiger charge is 2.25. The van der Waals surface area contributed by atoms with Crippen molar-refractivity contribution in [1.29, 1.82) is 0 Å². The van der Waals surface area contributed by atoms with E-state index in [1.54, 1.807) is 0 Å². The number of aryl methyl sites for hydroxylation is 1. The van der Waals surface area contributed by atoms with Crippen LogP contribution in [-0.2, 0) is 0 Å². The van der Waals surface area contributed by atoms with Gasteiger partial charge in [0.1, 0.15) is 0 Å². The SMILES string of the molecule is Cc1c(/C=C\CN(c2ccccc2)c2ccccc2)n(-c2cc(-c3ccccc3)cc(-c3ccccc3)c2)c2ccc3c(c12)Sc1ccccc1S3. The van der Waals surface area contributed by atoms with Crippen molar-refractivity contribution in [2.24, 2.45) is 0 Å². The summed E-state index contributed by atoms with van der Waals surface area (Å²) in [7, 11) is 0. The van der Waals surface area contributed by atoms with E-state index < -0.39 is 0 Å². The average Bonchev–Trinajstić information content (AvgIpc) is 3.50. The Labute approximate surface area is 314 Å². The van der Waals surface area contributed by atoms with E-state index in [2.05, 4.69) is 204 Å². The van der Waals surface area contributed by atoms with E-state index in [0.29, 0.717) is 0 Å². The highest BCUT2D eigenvalue weighted by Crippen LogP contribution is 2.52. The highest BCUT2D eigenvalue weighted by molar-refractivity contribution is 8.05. The van der Waals surface area contributed by atoms with Gasteiger partial charge in [0.15, 0.2) is 0 Å². The molecule has 9 rings (SSSR count). The lowest BCUT2D eigenvalue weighted by molar-refractivity contribution is 1.08. The van der Waals surface area contributed by atoms with Gasteiger partial charge in [-0.05, 0) is 108 Å². The molecule has 52 heavy (non-hydrogen) atoms. The van der Waals surface area contributed by atoms with Gasteiger partial charge in [-0.1, -0.05) is 139 Å². The average molecular weight is 705 g/mol. The van der Waals surface area contributed by atoms with Crippen molar-refractivity contribution in [2.75, 3.05) is 11.4 Å². The minimum Gasteiger partial charge on any atom is -0.338 e. The molecule has 1 aliphatic rings. The Morgan fingerprint density at radius 3 is 1.62 bits per heavy atom. The molecular weight excluding hydrogens is 669 g/mol. The molecule has 0 spiro atoms. The number of hydrogen-bond donors (Lipinski definition) is 0. The van der Waals surface area contributed by atoms with E-state index in [4.69, 9.17) is 0 Å². The summed E-state index contributed by atoms with van der Waals surface area (Å²) in [6, 6.07) is 63.3. The van der Waals surface area contributed by atoms with Gasteiger partial charge in [0, 0.05) is 54.3 Å². The summed E-state index contributed by atoms with van der Waals surface area (Å²) in [5.74, 6) is 0. The first-order valence-electron chi connectivity index (χ1n) is 17.6. The first-order valence-corrected chi connectivity index (χ1v) is 19.3. The number of nitrogens with zero attached hydrogens (tertiary/aromatic N) is 2. The van der Waals surface area contributed by atoms with Gasteiger partial charge in [-0.2, -0.15) is 0 Å². The number of anilines is 2. The molecule has 0 aliphatic carbocycles. The third-order valence-electron chi connectivity index (χ3n) is 9.71. The van der Waals surface area contributed by atoms with Gasteiger partial charge in [0.05, 0.1) is 5.52 Å². The van der Waals surface area contributed by atoms with Crippen LogP contribution < -0.4 is 4.90 Å². The maximum atomic E-state index is 2.49. The Morgan fingerprint density at radius 1 is 0.519 bits per heavy atom. The Kier molecular flexibility index (Phi) is 8.77. The summed E-state index contributed by atoms with van der Waals surface area (Å²) in [6.45, 7) is 3.03. The predicted octanol–water partition coefficient (Wildman–Crippen LogP) is 13.7. The van der Waals surface area contributed by atoms with Crippen molar-refractivity contribution in [3.8, 4) is 27.9 Å². The molecule has 1 aliphatic heterocycles. The van der Waals surface area contributed by atoms with E-state index >= 15 is 0 Å². The molecule has 0 fully saturated rings. The molecule has 4 heteroatoms. The zero-order chi connectivity index (χ0) is 34.9. The molecular formula is C48H36N2S2. The van der Waals surface area contributed by atoms with Gasteiger partial charge >= 0.3 is 0 Å². The predicted molar refractivity (Wildman–Crippen MR) is 222 cm³/mol. The van der Waals surface area contributed by atoms with Crippen molar-refractivity contribution in [1.82, 2.24) is 4.57 Å². The largest absolute Gasteiger partial charge is 0.338 e. The van der Waals surface area contributed by atoms with Crippen LogP contribution in [0.2, 0.25) is 0 Å². The fraction of sp³-hybridized carbons (Fsp3) is 0.0417. The first kappa shape index (κ1) is 32.2. The monoisotopic (exact) mass is 704 g/mol. The van der Waals surface area contributed by atoms with Crippen LogP contribution in [0.25, 0.3) is 44.9 Å². The lowest BCUT2D eigenvalue weighted by atomic mass is 9.98. The molecule has 0 unspecified atom stereocenters. The number of fused-ring (bicyclic) bond motifs is 4. The Morgan fingerprint density at radius 2 is 1.04 bits per heavy atom. The highest BCUT2D eigenvalue weighted by atomic mass is 32.2. The molecule has 0 amide bonds. The third-order valence-corrected chi connectivity index (χ3v) is 12.3. The molecule has 2 nitrogen and oxygen atoms in total. The minimum atomic E-state index is 0.727. The van der Waals surface area contributed by atoms with Crippen LogP contribution in [0.1, 0.15) is 11.3 Å². The zero-order valence-corrected chi connectivity index (χ0v) is 30.4. The molecule has 0 atom stereocenters. The molecule has 0 N–H and O–H groups in total. The number of rotatable bonds is 8. The van der Waals surface area contributed by atoms with Crippen molar-refractivity contribution in [3.05, 3.63) is 193 Å². The molecule has 250 valence electrons. The number of hydrogen-bond acceptors (Lipinski definition) is 3. The summed E-state index contributed by atoms with van der Waals surface area (Å²) in [5.41, 5.74) is 12.0. The van der Waals surface area contributed by atoms with Crippen LogP contribution in [-0.4, -0.2) is 11.1 Å². The lowest BCUT2D eigenvalue weighted by Crippen LogP contribution is -2.16. The van der Waals surface area contributed by atoms with Crippen LogP contribution >= 0.6 is 23.5 Å². The van der Waals surface area contributed by atoms with Crippen molar-refractivity contribution < 1.29 is 0 Å². The van der Waals surface area contributed by atoms with Gasteiger partial charge in [0.2, 0.25) is 0 Å². The van der Waals surface area contributed by atoms with E-state index in [-0.39, 0.29) is 0 Å². The van der Waals surface area contributed by atoms with Gasteiger partial charge in [-0.25, -0.2) is 0 Å². The maximum Gasteiger partial charge on any atom is 0.0549 e. The standard InChI is InChI=1S/C48H36N2S2/c1-34-42(25-16-30-49(39-21-10-4-11-22-39)40-23-12-5-13-24-40)50(43-28-29-46-48(47(34)43)52-45-27-15-14-26-44(45)51-46)41-32-37(35-17-6-2-7-18-35)31-38(33-41)36-19-8-3-9-20-36/h2-29,31-33H,30H2,1H3/b25-16-. The topological polar surface area (TPSA) is 8.17 Å². The summed E-state index contributed by atoms with van der Waals surface area (Å²) in [5, 5.41) is 1.32. The number of para-hydroxylation sites is 2. The second kappa shape index (κ2) is 14.1. The van der Waals surface area contributed by atoms with Gasteiger partial charge in [0.25, 0.3) is 0 Å². The summed E-state index contributed by atoms with van der Waals surface area (Å²) < 4.78 is 2.49. The van der Waals surface area contributed by atoms with Crippen LogP contribution in [0, 0.1) is 6.92 Å². The molecule has 0 saturated heterocycles. The molecule has 7 aromatic carbocycles. The third kappa shape index (κ3) is 6.15. The second-order valence-corrected chi connectivity index (χ2v) is 15.1. The molecule has 2 heterocycles. The minimum absolute atomic E-state index is 0.727. The summed E-state index contributed by atoms with van der Waals surface area (Å²) in [4.78, 5) is 7.66. The van der Waals surface area contributed by atoms with Gasteiger partial charge < -0.3 is 9.47 Å². The van der Waals surface area contributed by atoms with Gasteiger partial charge in [-0.3, -0.25) is 0 Å². The molecule has 0 bridgehead atoms. The number of aromatic nitrogens is 1. The Balaban J connectivity index is 1.24. The van der Waals surface area contributed by atoms with Gasteiger partial charge in [-0.15, -0.1) is 0 Å². The summed E-state index contributed by atoms with van der Waals surface area (Å²) >= 11 is 3.78. The zero-order valence-electron chi connectivity index (χ0n) is 28.8. The summed E-state index contributed by atoms with van der Waals surface area (Å²) in [6.07, 6.45) is 4.66. The molecule has 8 aromatic rings.